The highest BCUT2D eigenvalue weighted by atomic mass is 127. The molecule has 4 atom stereocenters. The third-order valence-electron chi connectivity index (χ3n) is 5.19. The van der Waals surface area contributed by atoms with Crippen LogP contribution in [0.4, 0.5) is 4.79 Å². The second-order valence-electron chi connectivity index (χ2n) is 7.34. The summed E-state index contributed by atoms with van der Waals surface area (Å²) in [5.41, 5.74) is 0. The number of hydrogen-bond acceptors (Lipinski definition) is 5. The first-order valence-electron chi connectivity index (χ1n) is 9.83. The van der Waals surface area contributed by atoms with Crippen LogP contribution < -0.4 is 19.5 Å². The second-order valence-corrected chi connectivity index (χ2v) is 9.23. The molecule has 27 heavy (non-hydrogen) atoms. The molecule has 0 spiro atoms. The van der Waals surface area contributed by atoms with E-state index in [2.05, 4.69) is 19.5 Å². The molecule has 0 aromatic rings. The summed E-state index contributed by atoms with van der Waals surface area (Å²) in [6.45, 7) is 2.32. The predicted octanol–water partition coefficient (Wildman–Crippen LogP) is 2.29. The van der Waals surface area contributed by atoms with Crippen molar-refractivity contribution in [1.29, 1.82) is 0 Å². The van der Waals surface area contributed by atoms with Crippen LogP contribution in [0.1, 0.15) is 58.3 Å². The average Bonchev–Trinajstić information content (AvgIpc) is 3.17. The number of carbonyl (C=O) groups excluding carboxylic acids is 3. The zero-order chi connectivity index (χ0) is 19.6. The number of nitrogens with one attached hydrogen (secondary N) is 4. The SMILES string of the molecule is CC(=O)C(CCCCCNC(=O)CCCC[C@@H]1SC[C@@H]2NC(=O)N[C@@H]21)NI. The number of thioether (sulfide) groups is 1. The molecular formula is C18H31IN4O3S. The van der Waals surface area contributed by atoms with Crippen molar-refractivity contribution >= 4 is 52.3 Å². The maximum Gasteiger partial charge on any atom is 0.315 e. The molecule has 2 aliphatic rings. The Morgan fingerprint density at radius 1 is 1.22 bits per heavy atom. The van der Waals surface area contributed by atoms with Gasteiger partial charge in [-0.3, -0.25) is 13.1 Å². The normalized spacial score (nSPS) is 24.8. The molecule has 2 saturated heterocycles. The van der Waals surface area contributed by atoms with Crippen LogP contribution in [-0.2, 0) is 9.59 Å². The lowest BCUT2D eigenvalue weighted by Crippen LogP contribution is -2.36. The summed E-state index contributed by atoms with van der Waals surface area (Å²) in [7, 11) is 0. The minimum absolute atomic E-state index is 0.0444. The average molecular weight is 510 g/mol. The van der Waals surface area contributed by atoms with Gasteiger partial charge >= 0.3 is 6.03 Å². The van der Waals surface area contributed by atoms with Gasteiger partial charge in [0.25, 0.3) is 0 Å². The van der Waals surface area contributed by atoms with Crippen LogP contribution in [-0.4, -0.2) is 53.4 Å². The number of hydrogen-bond donors (Lipinski definition) is 4. The summed E-state index contributed by atoms with van der Waals surface area (Å²) in [6, 6.07) is 0.425. The number of fused-ring (bicyclic) bond motifs is 1. The number of unbranched alkanes of at least 4 members (excludes halogenated alkanes) is 3. The Morgan fingerprint density at radius 3 is 2.78 bits per heavy atom. The smallest absolute Gasteiger partial charge is 0.315 e. The standard InChI is InChI=1S/C18H31IN4O3S/c1-12(24)13(23-19)7-3-2-6-10-20-16(25)9-5-4-8-15-17-14(11-27-15)21-18(26)22-17/h13-15,17,23H,2-11H2,1H3,(H,20,25)(H2,21,22,26)/t13?,14-,15-,17-/m0/s1. The van der Waals surface area contributed by atoms with Crippen LogP contribution in [0.25, 0.3) is 0 Å². The molecule has 0 aromatic carbocycles. The summed E-state index contributed by atoms with van der Waals surface area (Å²) < 4.78 is 3.00. The van der Waals surface area contributed by atoms with E-state index in [0.717, 1.165) is 50.7 Å². The van der Waals surface area contributed by atoms with E-state index in [0.29, 0.717) is 18.2 Å². The Balaban J connectivity index is 1.44. The van der Waals surface area contributed by atoms with E-state index in [1.807, 2.05) is 34.6 Å². The minimum Gasteiger partial charge on any atom is -0.356 e. The van der Waals surface area contributed by atoms with Crippen molar-refractivity contribution in [3.05, 3.63) is 0 Å². The molecule has 0 saturated carbocycles. The van der Waals surface area contributed by atoms with Gasteiger partial charge in [0.15, 0.2) is 0 Å². The zero-order valence-corrected chi connectivity index (χ0v) is 18.9. The fourth-order valence-electron chi connectivity index (χ4n) is 3.58. The monoisotopic (exact) mass is 510 g/mol. The van der Waals surface area contributed by atoms with Gasteiger partial charge < -0.3 is 16.0 Å². The highest BCUT2D eigenvalue weighted by Gasteiger charge is 2.42. The van der Waals surface area contributed by atoms with Gasteiger partial charge in [0.1, 0.15) is 5.78 Å². The van der Waals surface area contributed by atoms with E-state index in [9.17, 15) is 14.4 Å². The molecule has 154 valence electrons. The molecule has 1 unspecified atom stereocenters. The first-order valence-corrected chi connectivity index (χ1v) is 12.0. The number of ketones is 1. The van der Waals surface area contributed by atoms with Crippen molar-refractivity contribution in [2.75, 3.05) is 12.3 Å². The molecule has 2 heterocycles. The molecule has 4 N–H and O–H groups in total. The number of rotatable bonds is 13. The summed E-state index contributed by atoms with van der Waals surface area (Å²) in [5.74, 6) is 1.28. The van der Waals surface area contributed by atoms with E-state index < -0.39 is 0 Å². The van der Waals surface area contributed by atoms with E-state index in [1.165, 1.54) is 0 Å². The van der Waals surface area contributed by atoms with E-state index in [4.69, 9.17) is 0 Å². The van der Waals surface area contributed by atoms with Gasteiger partial charge in [0, 0.05) is 46.8 Å². The summed E-state index contributed by atoms with van der Waals surface area (Å²) in [4.78, 5) is 34.6. The maximum atomic E-state index is 11.9. The van der Waals surface area contributed by atoms with Gasteiger partial charge in [-0.2, -0.15) is 11.8 Å². The zero-order valence-electron chi connectivity index (χ0n) is 15.9. The summed E-state index contributed by atoms with van der Waals surface area (Å²) in [6.07, 6.45) is 7.33. The highest BCUT2D eigenvalue weighted by molar-refractivity contribution is 14.1. The van der Waals surface area contributed by atoms with Gasteiger partial charge in [-0.25, -0.2) is 4.79 Å². The van der Waals surface area contributed by atoms with Crippen molar-refractivity contribution in [1.82, 2.24) is 19.5 Å². The van der Waals surface area contributed by atoms with Crippen LogP contribution in [0.5, 0.6) is 0 Å². The maximum absolute atomic E-state index is 11.9. The van der Waals surface area contributed by atoms with Crippen LogP contribution in [0.2, 0.25) is 0 Å². The Labute approximate surface area is 179 Å². The number of carbonyl (C=O) groups is 3. The predicted molar refractivity (Wildman–Crippen MR) is 117 cm³/mol. The summed E-state index contributed by atoms with van der Waals surface area (Å²) >= 11 is 3.95. The molecule has 2 fully saturated rings. The van der Waals surface area contributed by atoms with Crippen molar-refractivity contribution in [3.8, 4) is 0 Å². The molecular weight excluding hydrogens is 479 g/mol. The van der Waals surface area contributed by atoms with Crippen LogP contribution >= 0.6 is 34.6 Å². The van der Waals surface area contributed by atoms with E-state index in [-0.39, 0.29) is 35.8 Å². The number of amides is 3. The van der Waals surface area contributed by atoms with Crippen molar-refractivity contribution in [2.24, 2.45) is 0 Å². The van der Waals surface area contributed by atoms with Crippen LogP contribution in [0, 0.1) is 0 Å². The number of Topliss-reactive ketones (excluding diaryl/α,β-unsaturated/α-hetero) is 1. The quantitative estimate of drug-likeness (QED) is 0.132. The first kappa shape index (κ1) is 22.7. The van der Waals surface area contributed by atoms with E-state index >= 15 is 0 Å². The molecule has 2 aliphatic heterocycles. The summed E-state index contributed by atoms with van der Waals surface area (Å²) in [5, 5.41) is 9.40. The lowest BCUT2D eigenvalue weighted by molar-refractivity contribution is -0.121. The van der Waals surface area contributed by atoms with E-state index in [1.54, 1.807) is 6.92 Å². The van der Waals surface area contributed by atoms with Crippen molar-refractivity contribution in [2.45, 2.75) is 81.7 Å². The highest BCUT2D eigenvalue weighted by Crippen LogP contribution is 2.33. The van der Waals surface area contributed by atoms with Gasteiger partial charge in [0.2, 0.25) is 5.91 Å². The van der Waals surface area contributed by atoms with Gasteiger partial charge in [-0.15, -0.1) is 0 Å². The minimum atomic E-state index is -0.0539. The van der Waals surface area contributed by atoms with Gasteiger partial charge in [-0.05, 0) is 32.6 Å². The second kappa shape index (κ2) is 12.1. The molecule has 0 radical (unpaired) electrons. The molecule has 0 aliphatic carbocycles. The fraction of sp³-hybridized carbons (Fsp3) is 0.833. The van der Waals surface area contributed by atoms with Crippen LogP contribution in [0.3, 0.4) is 0 Å². The largest absolute Gasteiger partial charge is 0.356 e. The Kier molecular flexibility index (Phi) is 10.2. The lowest BCUT2D eigenvalue weighted by Gasteiger charge is -2.16. The van der Waals surface area contributed by atoms with Gasteiger partial charge in [0.05, 0.1) is 18.1 Å². The Morgan fingerprint density at radius 2 is 2.04 bits per heavy atom. The van der Waals surface area contributed by atoms with Gasteiger partial charge in [-0.1, -0.05) is 19.3 Å². The Hall–Kier alpha value is -0.550. The third-order valence-corrected chi connectivity index (χ3v) is 7.46. The number of urea groups is 1. The lowest BCUT2D eigenvalue weighted by atomic mass is 10.0. The van der Waals surface area contributed by atoms with Crippen molar-refractivity contribution in [3.63, 3.8) is 0 Å². The topological polar surface area (TPSA) is 99.3 Å². The third kappa shape index (κ3) is 7.77. The van der Waals surface area contributed by atoms with Crippen molar-refractivity contribution < 1.29 is 14.4 Å². The molecule has 0 bridgehead atoms. The molecule has 3 amide bonds. The Bertz CT molecular complexity index is 523. The van der Waals surface area contributed by atoms with Crippen LogP contribution in [0.15, 0.2) is 0 Å². The fourth-order valence-corrected chi connectivity index (χ4v) is 5.87. The molecule has 7 nitrogen and oxygen atoms in total. The first-order chi connectivity index (χ1) is 13.0. The molecule has 2 rings (SSSR count). The number of halogens is 1. The molecule has 0 aromatic heterocycles. The molecule has 9 heteroatoms.